The van der Waals surface area contributed by atoms with Gasteiger partial charge in [0.15, 0.2) is 0 Å². The lowest BCUT2D eigenvalue weighted by molar-refractivity contribution is 0.108. The van der Waals surface area contributed by atoms with Crippen molar-refractivity contribution in [3.63, 3.8) is 0 Å². The molecule has 2 atom stereocenters. The highest BCUT2D eigenvalue weighted by Crippen LogP contribution is 2.39. The fourth-order valence-corrected chi connectivity index (χ4v) is 5.46. The van der Waals surface area contributed by atoms with Crippen LogP contribution in [-0.2, 0) is 10.0 Å². The van der Waals surface area contributed by atoms with Crippen LogP contribution in [0.4, 0.5) is 4.79 Å². The van der Waals surface area contributed by atoms with E-state index in [9.17, 15) is 13.2 Å². The Morgan fingerprint density at radius 2 is 1.89 bits per heavy atom. The molecule has 2 aliphatic rings. The molecule has 0 aromatic rings. The smallest absolute Gasteiger partial charge is 0.407 e. The minimum Gasteiger partial charge on any atom is -0.465 e. The highest BCUT2D eigenvalue weighted by Gasteiger charge is 2.52. The first-order valence-corrected chi connectivity index (χ1v) is 7.63. The molecule has 18 heavy (non-hydrogen) atoms. The van der Waals surface area contributed by atoms with Gasteiger partial charge in [-0.2, -0.15) is 4.31 Å². The highest BCUT2D eigenvalue weighted by molar-refractivity contribution is 7.90. The second-order valence-electron chi connectivity index (χ2n) is 6.13. The van der Waals surface area contributed by atoms with Gasteiger partial charge in [0.25, 0.3) is 0 Å². The zero-order chi connectivity index (χ0) is 13.7. The van der Waals surface area contributed by atoms with E-state index in [1.165, 1.54) is 9.21 Å². The molecular weight excluding hydrogens is 256 g/mol. The normalized spacial score (nSPS) is 32.3. The van der Waals surface area contributed by atoms with Gasteiger partial charge in [0.2, 0.25) is 10.0 Å². The molecule has 2 aliphatic heterocycles. The number of amides is 1. The molecule has 0 saturated carbocycles. The maximum atomic E-state index is 12.4. The van der Waals surface area contributed by atoms with E-state index in [2.05, 4.69) is 0 Å². The molecule has 2 rings (SSSR count). The number of sulfonamides is 1. The Bertz CT molecular complexity index is 454. The van der Waals surface area contributed by atoms with Crippen molar-refractivity contribution in [1.29, 1.82) is 0 Å². The standard InChI is InChI=1S/C11H20N2O4S/c1-11(2,3)9-6-8-7-12(10(14)15)4-5-13(8)18(9,16)17/h8-9H,4-7H2,1-3H3,(H,14,15)/t8-,9?/m0/s1. The Labute approximate surface area is 108 Å². The average molecular weight is 276 g/mol. The van der Waals surface area contributed by atoms with Crippen molar-refractivity contribution >= 4 is 16.1 Å². The van der Waals surface area contributed by atoms with Crippen molar-refractivity contribution in [1.82, 2.24) is 9.21 Å². The molecule has 0 aromatic heterocycles. The summed E-state index contributed by atoms with van der Waals surface area (Å²) in [5.41, 5.74) is -0.315. The van der Waals surface area contributed by atoms with Gasteiger partial charge in [0, 0.05) is 25.7 Å². The molecule has 1 amide bonds. The van der Waals surface area contributed by atoms with Crippen molar-refractivity contribution in [3.8, 4) is 0 Å². The molecule has 0 aliphatic carbocycles. The second kappa shape index (κ2) is 4.09. The van der Waals surface area contributed by atoms with E-state index in [0.29, 0.717) is 13.0 Å². The van der Waals surface area contributed by atoms with Gasteiger partial charge in [-0.3, -0.25) is 0 Å². The molecule has 0 aromatic carbocycles. The summed E-state index contributed by atoms with van der Waals surface area (Å²) >= 11 is 0. The van der Waals surface area contributed by atoms with Gasteiger partial charge in [-0.05, 0) is 11.8 Å². The number of hydrogen-bond donors (Lipinski definition) is 1. The molecule has 2 saturated heterocycles. The van der Waals surface area contributed by atoms with Crippen LogP contribution < -0.4 is 0 Å². The largest absolute Gasteiger partial charge is 0.465 e. The summed E-state index contributed by atoms with van der Waals surface area (Å²) in [7, 11) is -3.28. The zero-order valence-corrected chi connectivity index (χ0v) is 11.8. The summed E-state index contributed by atoms with van der Waals surface area (Å²) in [6.45, 7) is 6.60. The number of hydrogen-bond acceptors (Lipinski definition) is 3. The molecule has 0 spiro atoms. The minimum atomic E-state index is -3.28. The Hall–Kier alpha value is -0.820. The van der Waals surface area contributed by atoms with Crippen molar-refractivity contribution in [2.75, 3.05) is 19.6 Å². The first kappa shape index (κ1) is 13.6. The third-order valence-electron chi connectivity index (χ3n) is 3.84. The van der Waals surface area contributed by atoms with Gasteiger partial charge >= 0.3 is 6.09 Å². The topological polar surface area (TPSA) is 77.9 Å². The Balaban J connectivity index is 2.24. The lowest BCUT2D eigenvalue weighted by Gasteiger charge is -2.34. The quantitative estimate of drug-likeness (QED) is 0.710. The first-order valence-electron chi connectivity index (χ1n) is 6.12. The molecule has 1 unspecified atom stereocenters. The molecular formula is C11H20N2O4S. The van der Waals surface area contributed by atoms with Crippen molar-refractivity contribution in [3.05, 3.63) is 0 Å². The fraction of sp³-hybridized carbons (Fsp3) is 0.909. The van der Waals surface area contributed by atoms with Gasteiger partial charge in [-0.1, -0.05) is 20.8 Å². The summed E-state index contributed by atoms with van der Waals surface area (Å²) in [5, 5.41) is 8.56. The monoisotopic (exact) mass is 276 g/mol. The highest BCUT2D eigenvalue weighted by atomic mass is 32.2. The van der Waals surface area contributed by atoms with Crippen LogP contribution in [0.3, 0.4) is 0 Å². The predicted octanol–water partition coefficient (Wildman–Crippen LogP) is 0.799. The number of carbonyl (C=O) groups is 1. The SMILES string of the molecule is CC(C)(C)C1C[C@H]2CN(C(=O)O)CCN2S1(=O)=O. The maximum Gasteiger partial charge on any atom is 0.407 e. The van der Waals surface area contributed by atoms with Crippen molar-refractivity contribution < 1.29 is 18.3 Å². The fourth-order valence-electron chi connectivity index (χ4n) is 2.87. The van der Waals surface area contributed by atoms with Gasteiger partial charge in [0.1, 0.15) is 0 Å². The van der Waals surface area contributed by atoms with Gasteiger partial charge in [-0.25, -0.2) is 13.2 Å². The van der Waals surface area contributed by atoms with E-state index in [1.54, 1.807) is 0 Å². The molecule has 2 fully saturated rings. The van der Waals surface area contributed by atoms with Crippen LogP contribution in [-0.4, -0.2) is 59.7 Å². The van der Waals surface area contributed by atoms with Crippen LogP contribution in [0.25, 0.3) is 0 Å². The average Bonchev–Trinajstić information content (AvgIpc) is 2.49. The van der Waals surface area contributed by atoms with E-state index < -0.39 is 21.4 Å². The van der Waals surface area contributed by atoms with Gasteiger partial charge < -0.3 is 10.0 Å². The predicted molar refractivity (Wildman–Crippen MR) is 66.9 cm³/mol. The molecule has 0 bridgehead atoms. The van der Waals surface area contributed by atoms with Crippen molar-refractivity contribution in [2.24, 2.45) is 5.41 Å². The Kier molecular flexibility index (Phi) is 3.09. The first-order chi connectivity index (χ1) is 8.14. The molecule has 104 valence electrons. The van der Waals surface area contributed by atoms with E-state index >= 15 is 0 Å². The summed E-state index contributed by atoms with van der Waals surface area (Å²) in [6, 6.07) is -0.191. The Morgan fingerprint density at radius 1 is 1.28 bits per heavy atom. The second-order valence-corrected chi connectivity index (χ2v) is 8.20. The van der Waals surface area contributed by atoms with Crippen LogP contribution in [0.5, 0.6) is 0 Å². The van der Waals surface area contributed by atoms with Crippen LogP contribution in [0.15, 0.2) is 0 Å². The molecule has 7 heteroatoms. The lowest BCUT2D eigenvalue weighted by atomic mass is 9.88. The van der Waals surface area contributed by atoms with Crippen molar-refractivity contribution in [2.45, 2.75) is 38.5 Å². The van der Waals surface area contributed by atoms with E-state index in [-0.39, 0.29) is 24.5 Å². The van der Waals surface area contributed by atoms with Crippen LogP contribution in [0, 0.1) is 5.41 Å². The summed E-state index contributed by atoms with van der Waals surface area (Å²) in [4.78, 5) is 12.2. The zero-order valence-electron chi connectivity index (χ0n) is 11.0. The summed E-state index contributed by atoms with van der Waals surface area (Å²) in [6.07, 6.45) is -0.443. The number of rotatable bonds is 0. The lowest BCUT2D eigenvalue weighted by Crippen LogP contribution is -2.52. The molecule has 6 nitrogen and oxygen atoms in total. The van der Waals surface area contributed by atoms with E-state index in [4.69, 9.17) is 5.11 Å². The van der Waals surface area contributed by atoms with Crippen LogP contribution in [0.1, 0.15) is 27.2 Å². The van der Waals surface area contributed by atoms with Crippen LogP contribution in [0.2, 0.25) is 0 Å². The number of piperazine rings is 1. The maximum absolute atomic E-state index is 12.4. The molecule has 0 radical (unpaired) electrons. The Morgan fingerprint density at radius 3 is 2.39 bits per heavy atom. The van der Waals surface area contributed by atoms with Crippen LogP contribution >= 0.6 is 0 Å². The van der Waals surface area contributed by atoms with E-state index in [1.807, 2.05) is 20.8 Å². The molecule has 1 N–H and O–H groups in total. The number of carboxylic acid groups (broad SMARTS) is 1. The van der Waals surface area contributed by atoms with Gasteiger partial charge in [-0.15, -0.1) is 0 Å². The number of fused-ring (bicyclic) bond motifs is 1. The number of nitrogens with zero attached hydrogens (tertiary/aromatic N) is 2. The van der Waals surface area contributed by atoms with E-state index in [0.717, 1.165) is 0 Å². The molecule has 2 heterocycles. The summed E-state index contributed by atoms with van der Waals surface area (Å²) in [5.74, 6) is 0. The van der Waals surface area contributed by atoms with Gasteiger partial charge in [0.05, 0.1) is 5.25 Å². The minimum absolute atomic E-state index is 0.191. The summed E-state index contributed by atoms with van der Waals surface area (Å²) < 4.78 is 26.3. The third-order valence-corrected chi connectivity index (χ3v) is 6.59. The third kappa shape index (κ3) is 2.09.